The minimum atomic E-state index is -0.183. The van der Waals surface area contributed by atoms with Gasteiger partial charge < -0.3 is 25.0 Å². The molecule has 4 rings (SSSR count). The van der Waals surface area contributed by atoms with E-state index >= 15 is 0 Å². The summed E-state index contributed by atoms with van der Waals surface area (Å²) in [5.41, 5.74) is 3.05. The summed E-state index contributed by atoms with van der Waals surface area (Å²) in [5.74, 6) is 1.55. The first-order chi connectivity index (χ1) is 12.8. The van der Waals surface area contributed by atoms with E-state index < -0.39 is 0 Å². The molecule has 2 aliphatic rings. The monoisotopic (exact) mass is 353 g/mol. The van der Waals surface area contributed by atoms with E-state index in [9.17, 15) is 4.79 Å². The van der Waals surface area contributed by atoms with Gasteiger partial charge in [-0.05, 0) is 49.1 Å². The molecule has 1 saturated heterocycles. The predicted octanol–water partition coefficient (Wildman–Crippen LogP) is 3.38. The van der Waals surface area contributed by atoms with Gasteiger partial charge in [-0.3, -0.25) is 0 Å². The van der Waals surface area contributed by atoms with E-state index in [0.717, 1.165) is 47.9 Å². The van der Waals surface area contributed by atoms with Crippen molar-refractivity contribution in [1.29, 1.82) is 0 Å². The summed E-state index contributed by atoms with van der Waals surface area (Å²) in [6.45, 7) is 2.92. The van der Waals surface area contributed by atoms with Gasteiger partial charge in [0, 0.05) is 19.6 Å². The van der Waals surface area contributed by atoms with Gasteiger partial charge >= 0.3 is 6.03 Å². The van der Waals surface area contributed by atoms with Gasteiger partial charge in [-0.2, -0.15) is 0 Å². The lowest BCUT2D eigenvalue weighted by atomic mass is 10.1. The Morgan fingerprint density at radius 3 is 2.73 bits per heavy atom. The number of anilines is 2. The van der Waals surface area contributed by atoms with Gasteiger partial charge in [0.2, 0.25) is 6.79 Å². The fraction of sp³-hybridized carbons (Fsp3) is 0.350. The zero-order valence-electron chi connectivity index (χ0n) is 14.7. The number of rotatable bonds is 5. The highest BCUT2D eigenvalue weighted by atomic mass is 16.7. The van der Waals surface area contributed by atoms with Crippen LogP contribution in [0.5, 0.6) is 11.5 Å². The van der Waals surface area contributed by atoms with Crippen LogP contribution in [0.25, 0.3) is 0 Å². The molecule has 1 fully saturated rings. The maximum atomic E-state index is 12.3. The van der Waals surface area contributed by atoms with Gasteiger partial charge in [-0.1, -0.05) is 18.2 Å². The van der Waals surface area contributed by atoms with Crippen LogP contribution < -0.4 is 25.0 Å². The number of carbonyl (C=O) groups is 1. The molecule has 0 spiro atoms. The number of para-hydroxylation sites is 2. The lowest BCUT2D eigenvalue weighted by Gasteiger charge is -2.21. The lowest BCUT2D eigenvalue weighted by molar-refractivity contribution is 0.174. The molecule has 0 aromatic heterocycles. The molecule has 0 aliphatic carbocycles. The zero-order chi connectivity index (χ0) is 17.8. The second-order valence-electron chi connectivity index (χ2n) is 6.53. The molecule has 2 aromatic carbocycles. The highest BCUT2D eigenvalue weighted by molar-refractivity contribution is 5.93. The molecule has 26 heavy (non-hydrogen) atoms. The molecule has 6 heteroatoms. The van der Waals surface area contributed by atoms with E-state index in [-0.39, 0.29) is 12.8 Å². The van der Waals surface area contributed by atoms with Crippen LogP contribution >= 0.6 is 0 Å². The number of hydrogen-bond acceptors (Lipinski definition) is 4. The summed E-state index contributed by atoms with van der Waals surface area (Å²) in [5, 5.41) is 5.90. The molecule has 0 unspecified atom stereocenters. The molecule has 2 aliphatic heterocycles. The molecule has 0 bridgehead atoms. The number of ether oxygens (including phenoxy) is 2. The third kappa shape index (κ3) is 3.69. The van der Waals surface area contributed by atoms with Crippen LogP contribution in [0, 0.1) is 0 Å². The highest BCUT2D eigenvalue weighted by Crippen LogP contribution is 2.32. The van der Waals surface area contributed by atoms with Crippen LogP contribution in [0.1, 0.15) is 18.4 Å². The number of fused-ring (bicyclic) bond motifs is 1. The molecule has 2 amide bonds. The van der Waals surface area contributed by atoms with Crippen molar-refractivity contribution in [1.82, 2.24) is 5.32 Å². The first-order valence-electron chi connectivity index (χ1n) is 9.07. The van der Waals surface area contributed by atoms with E-state index in [4.69, 9.17) is 9.47 Å². The van der Waals surface area contributed by atoms with Gasteiger partial charge in [0.05, 0.1) is 11.4 Å². The fourth-order valence-electron chi connectivity index (χ4n) is 3.40. The van der Waals surface area contributed by atoms with Crippen molar-refractivity contribution in [2.75, 3.05) is 36.6 Å². The van der Waals surface area contributed by atoms with Crippen LogP contribution in [0.15, 0.2) is 42.5 Å². The normalized spacial score (nSPS) is 15.2. The van der Waals surface area contributed by atoms with Gasteiger partial charge in [-0.25, -0.2) is 4.79 Å². The van der Waals surface area contributed by atoms with Gasteiger partial charge in [0.15, 0.2) is 11.5 Å². The van der Waals surface area contributed by atoms with Crippen molar-refractivity contribution in [3.63, 3.8) is 0 Å². The number of nitrogens with zero attached hydrogens (tertiary/aromatic N) is 1. The molecule has 6 nitrogen and oxygen atoms in total. The maximum Gasteiger partial charge on any atom is 0.319 e. The molecule has 2 aromatic rings. The Hall–Kier alpha value is -2.89. The Balaban J connectivity index is 1.30. The van der Waals surface area contributed by atoms with Gasteiger partial charge in [-0.15, -0.1) is 0 Å². The van der Waals surface area contributed by atoms with Gasteiger partial charge in [0.25, 0.3) is 0 Å². The van der Waals surface area contributed by atoms with E-state index in [0.29, 0.717) is 6.54 Å². The molecule has 136 valence electrons. The second kappa shape index (κ2) is 7.56. The summed E-state index contributed by atoms with van der Waals surface area (Å²) in [6, 6.07) is 13.7. The minimum Gasteiger partial charge on any atom is -0.454 e. The fourth-order valence-corrected chi connectivity index (χ4v) is 3.40. The molecule has 0 atom stereocenters. The Bertz CT molecular complexity index is 788. The van der Waals surface area contributed by atoms with Crippen LogP contribution in [0.3, 0.4) is 0 Å². The largest absolute Gasteiger partial charge is 0.454 e. The zero-order valence-corrected chi connectivity index (χ0v) is 14.7. The average molecular weight is 353 g/mol. The van der Waals surface area contributed by atoms with Crippen molar-refractivity contribution < 1.29 is 14.3 Å². The third-order valence-corrected chi connectivity index (χ3v) is 4.74. The van der Waals surface area contributed by atoms with Crippen molar-refractivity contribution in [3.8, 4) is 11.5 Å². The molecule has 0 radical (unpaired) electrons. The van der Waals surface area contributed by atoms with Crippen molar-refractivity contribution >= 4 is 17.4 Å². The van der Waals surface area contributed by atoms with Crippen LogP contribution in [0.4, 0.5) is 16.2 Å². The lowest BCUT2D eigenvalue weighted by Crippen LogP contribution is -2.31. The van der Waals surface area contributed by atoms with E-state index in [1.807, 2.05) is 36.4 Å². The van der Waals surface area contributed by atoms with E-state index in [1.165, 1.54) is 12.8 Å². The Morgan fingerprint density at radius 1 is 1.04 bits per heavy atom. The standard InChI is InChI=1S/C20H23N3O3/c24-20(21-10-9-15-7-8-18-19(13-15)26-14-25-18)22-16-5-1-2-6-17(16)23-11-3-4-12-23/h1-2,5-8,13H,3-4,9-12,14H2,(H2,21,22,24). The smallest absolute Gasteiger partial charge is 0.319 e. The van der Waals surface area contributed by atoms with Crippen molar-refractivity contribution in [2.45, 2.75) is 19.3 Å². The molecule has 2 N–H and O–H groups in total. The summed E-state index contributed by atoms with van der Waals surface area (Å²) in [7, 11) is 0. The quantitative estimate of drug-likeness (QED) is 0.865. The molecular formula is C20H23N3O3. The van der Waals surface area contributed by atoms with Crippen LogP contribution in [0.2, 0.25) is 0 Å². The first-order valence-corrected chi connectivity index (χ1v) is 9.07. The predicted molar refractivity (Wildman–Crippen MR) is 101 cm³/mol. The van der Waals surface area contributed by atoms with E-state index in [1.54, 1.807) is 0 Å². The van der Waals surface area contributed by atoms with E-state index in [2.05, 4.69) is 21.6 Å². The molecule has 2 heterocycles. The third-order valence-electron chi connectivity index (χ3n) is 4.74. The van der Waals surface area contributed by atoms with Crippen molar-refractivity contribution in [2.24, 2.45) is 0 Å². The van der Waals surface area contributed by atoms with Crippen molar-refractivity contribution in [3.05, 3.63) is 48.0 Å². The second-order valence-corrected chi connectivity index (χ2v) is 6.53. The average Bonchev–Trinajstić information content (AvgIpc) is 3.33. The van der Waals surface area contributed by atoms with Crippen LogP contribution in [-0.4, -0.2) is 32.5 Å². The maximum absolute atomic E-state index is 12.3. The molecule has 0 saturated carbocycles. The Kier molecular flexibility index (Phi) is 4.82. The number of amides is 2. The van der Waals surface area contributed by atoms with Crippen LogP contribution in [-0.2, 0) is 6.42 Å². The summed E-state index contributed by atoms with van der Waals surface area (Å²) in [4.78, 5) is 14.6. The number of hydrogen-bond donors (Lipinski definition) is 2. The minimum absolute atomic E-state index is 0.183. The topological polar surface area (TPSA) is 62.8 Å². The number of carbonyl (C=O) groups excluding carboxylic acids is 1. The van der Waals surface area contributed by atoms with Gasteiger partial charge in [0.1, 0.15) is 0 Å². The number of benzene rings is 2. The number of urea groups is 1. The first kappa shape index (κ1) is 16.6. The SMILES string of the molecule is O=C(NCCc1ccc2c(c1)OCO2)Nc1ccccc1N1CCCC1. The number of nitrogens with one attached hydrogen (secondary N) is 2. The Labute approximate surface area is 153 Å². The summed E-state index contributed by atoms with van der Waals surface area (Å²) in [6.07, 6.45) is 3.14. The highest BCUT2D eigenvalue weighted by Gasteiger charge is 2.16. The summed E-state index contributed by atoms with van der Waals surface area (Å²) >= 11 is 0. The summed E-state index contributed by atoms with van der Waals surface area (Å²) < 4.78 is 10.7. The Morgan fingerprint density at radius 2 is 1.85 bits per heavy atom. The molecular weight excluding hydrogens is 330 g/mol.